The molecule has 0 N–H and O–H groups in total. The van der Waals surface area contributed by atoms with Crippen LogP contribution < -0.4 is 0 Å². The molecule has 7 aromatic carbocycles. The Labute approximate surface area is 285 Å². The van der Waals surface area contributed by atoms with Gasteiger partial charge < -0.3 is 0 Å². The number of hydrogen-bond acceptors (Lipinski definition) is 2. The first-order valence-electron chi connectivity index (χ1n) is 16.6. The van der Waals surface area contributed by atoms with Gasteiger partial charge in [-0.1, -0.05) is 135 Å². The van der Waals surface area contributed by atoms with E-state index in [-0.39, 0.29) is 0 Å². The van der Waals surface area contributed by atoms with E-state index in [2.05, 4.69) is 154 Å². The van der Waals surface area contributed by atoms with Crippen LogP contribution in [0.1, 0.15) is 36.4 Å². The number of rotatable bonds is 7. The summed E-state index contributed by atoms with van der Waals surface area (Å²) in [7, 11) is 0. The zero-order valence-electron chi connectivity index (χ0n) is 27.3. The normalized spacial score (nSPS) is 12.2. The Hall–Kier alpha value is -5.57. The Bertz CT molecular complexity index is 2560. The lowest BCUT2D eigenvalue weighted by Crippen LogP contribution is -1.93. The summed E-state index contributed by atoms with van der Waals surface area (Å²) in [5.41, 5.74) is 7.11. The van der Waals surface area contributed by atoms with Gasteiger partial charge in [-0.25, -0.2) is 4.98 Å². The summed E-state index contributed by atoms with van der Waals surface area (Å²) in [6.45, 7) is 12.3. The van der Waals surface area contributed by atoms with Crippen LogP contribution in [0.4, 0.5) is 0 Å². The third kappa shape index (κ3) is 4.72. The predicted octanol–water partition coefficient (Wildman–Crippen LogP) is 13.9. The number of thiazole rings is 1. The molecule has 8 rings (SSSR count). The molecule has 0 fully saturated rings. The monoisotopic (exact) mass is 633 g/mol. The van der Waals surface area contributed by atoms with Gasteiger partial charge in [0.2, 0.25) is 0 Å². The first kappa shape index (κ1) is 29.8. The van der Waals surface area contributed by atoms with Gasteiger partial charge in [-0.05, 0) is 114 Å². The lowest BCUT2D eigenvalue weighted by Gasteiger charge is -2.19. The van der Waals surface area contributed by atoms with Crippen LogP contribution in [0.3, 0.4) is 0 Å². The Morgan fingerprint density at radius 1 is 0.646 bits per heavy atom. The van der Waals surface area contributed by atoms with E-state index in [1.165, 1.54) is 76.1 Å². The second kappa shape index (κ2) is 12.2. The standard InChI is InChI=1S/C46H35NS/c1-5-9-16-29(6-2)44-34-18-10-12-20-36(34)45(37-21-13-11-19-35(37)44)38-23-14-17-30-27-40-31(28-41(30)38)25-26-33-32(40)22-15-24-39(33)46-47-42(7-3)43(8-4)48-46/h6-28H,3-5H2,1-2H3/b16-9-,29-6+. The number of nitrogens with zero attached hydrogens (tertiary/aromatic N) is 1. The van der Waals surface area contributed by atoms with E-state index in [4.69, 9.17) is 4.98 Å². The Balaban J connectivity index is 1.40. The number of hydrogen-bond donors (Lipinski definition) is 0. The van der Waals surface area contributed by atoms with E-state index < -0.39 is 0 Å². The van der Waals surface area contributed by atoms with E-state index >= 15 is 0 Å². The molecule has 0 aliphatic heterocycles. The number of fused-ring (bicyclic) bond motifs is 6. The van der Waals surface area contributed by atoms with Crippen LogP contribution in [0.25, 0.3) is 93.3 Å². The molecule has 0 amide bonds. The van der Waals surface area contributed by atoms with Crippen LogP contribution in [0.2, 0.25) is 0 Å². The third-order valence-corrected chi connectivity index (χ3v) is 10.6. The molecule has 0 saturated carbocycles. The maximum absolute atomic E-state index is 4.90. The average molecular weight is 634 g/mol. The second-order valence-electron chi connectivity index (χ2n) is 12.1. The lowest BCUT2D eigenvalue weighted by atomic mass is 9.84. The highest BCUT2D eigenvalue weighted by Gasteiger charge is 2.19. The summed E-state index contributed by atoms with van der Waals surface area (Å²) < 4.78 is 0. The highest BCUT2D eigenvalue weighted by molar-refractivity contribution is 7.16. The van der Waals surface area contributed by atoms with E-state index in [0.717, 1.165) is 27.6 Å². The highest BCUT2D eigenvalue weighted by Crippen LogP contribution is 2.45. The van der Waals surface area contributed by atoms with Crippen molar-refractivity contribution in [2.45, 2.75) is 20.3 Å². The second-order valence-corrected chi connectivity index (χ2v) is 13.2. The van der Waals surface area contributed by atoms with Crippen molar-refractivity contribution in [2.75, 3.05) is 0 Å². The Morgan fingerprint density at radius 2 is 1.29 bits per heavy atom. The molecule has 0 saturated heterocycles. The molecule has 0 aliphatic carbocycles. The molecule has 8 aromatic rings. The number of benzene rings is 7. The molecule has 0 spiro atoms. The van der Waals surface area contributed by atoms with Gasteiger partial charge in [0.25, 0.3) is 0 Å². The lowest BCUT2D eigenvalue weighted by molar-refractivity contribution is 1.22. The summed E-state index contributed by atoms with van der Waals surface area (Å²) in [5.74, 6) is 0. The number of allylic oxidation sites excluding steroid dienone is 4. The molecule has 1 aromatic heterocycles. The van der Waals surface area contributed by atoms with Crippen molar-refractivity contribution in [1.29, 1.82) is 0 Å². The van der Waals surface area contributed by atoms with Crippen LogP contribution in [-0.2, 0) is 0 Å². The minimum atomic E-state index is 0.883. The van der Waals surface area contributed by atoms with Crippen molar-refractivity contribution in [3.63, 3.8) is 0 Å². The van der Waals surface area contributed by atoms with Gasteiger partial charge in [-0.2, -0.15) is 0 Å². The van der Waals surface area contributed by atoms with Crippen LogP contribution >= 0.6 is 11.3 Å². The maximum Gasteiger partial charge on any atom is 0.125 e. The van der Waals surface area contributed by atoms with Crippen LogP contribution in [0, 0.1) is 0 Å². The van der Waals surface area contributed by atoms with Gasteiger partial charge in [0.1, 0.15) is 5.01 Å². The number of aromatic nitrogens is 1. The minimum absolute atomic E-state index is 0.883. The molecule has 0 unspecified atom stereocenters. The molecule has 0 radical (unpaired) electrons. The van der Waals surface area contributed by atoms with E-state index in [1.54, 1.807) is 11.3 Å². The predicted molar refractivity (Wildman–Crippen MR) is 214 cm³/mol. The highest BCUT2D eigenvalue weighted by atomic mass is 32.1. The fourth-order valence-electron chi connectivity index (χ4n) is 7.32. The quantitative estimate of drug-likeness (QED) is 0.0967. The van der Waals surface area contributed by atoms with Gasteiger partial charge in [0.15, 0.2) is 0 Å². The van der Waals surface area contributed by atoms with Gasteiger partial charge in [0.05, 0.1) is 10.6 Å². The fraction of sp³-hybridized carbons (Fsp3) is 0.0652. The Kier molecular flexibility index (Phi) is 7.59. The van der Waals surface area contributed by atoms with Crippen molar-refractivity contribution in [3.05, 3.63) is 157 Å². The molecule has 230 valence electrons. The molecule has 1 nitrogen and oxygen atoms in total. The van der Waals surface area contributed by atoms with Crippen molar-refractivity contribution < 1.29 is 0 Å². The summed E-state index contributed by atoms with van der Waals surface area (Å²) in [5, 5.41) is 13.5. The van der Waals surface area contributed by atoms with Crippen molar-refractivity contribution in [1.82, 2.24) is 4.98 Å². The molecule has 48 heavy (non-hydrogen) atoms. The SMILES string of the molecule is C=Cc1nc(-c2cccc3c2ccc2cc4c(-c5c6ccccc6c(C(/C=C\CC)=C/C)c6ccccc56)cccc4cc23)sc1C=C. The third-order valence-electron chi connectivity index (χ3n) is 9.50. The molecular weight excluding hydrogens is 599 g/mol. The molecule has 0 atom stereocenters. The molecule has 1 heterocycles. The average Bonchev–Trinajstić information content (AvgIpc) is 3.57. The topological polar surface area (TPSA) is 12.9 Å². The van der Waals surface area contributed by atoms with Crippen LogP contribution in [0.5, 0.6) is 0 Å². The molecular formula is C46H35NS. The summed E-state index contributed by atoms with van der Waals surface area (Å²) in [6.07, 6.45) is 11.5. The first-order valence-corrected chi connectivity index (χ1v) is 17.4. The maximum atomic E-state index is 4.90. The minimum Gasteiger partial charge on any atom is -0.236 e. The van der Waals surface area contributed by atoms with Gasteiger partial charge in [0, 0.05) is 5.56 Å². The van der Waals surface area contributed by atoms with Crippen molar-refractivity contribution in [3.8, 4) is 21.7 Å². The van der Waals surface area contributed by atoms with Crippen molar-refractivity contribution in [2.24, 2.45) is 0 Å². The van der Waals surface area contributed by atoms with Crippen LogP contribution in [-0.4, -0.2) is 4.98 Å². The smallest absolute Gasteiger partial charge is 0.125 e. The van der Waals surface area contributed by atoms with Crippen LogP contribution in [0.15, 0.2) is 141 Å². The fourth-order valence-corrected chi connectivity index (χ4v) is 8.28. The molecule has 0 aliphatic rings. The molecule has 2 heteroatoms. The zero-order valence-corrected chi connectivity index (χ0v) is 28.1. The van der Waals surface area contributed by atoms with E-state index in [0.29, 0.717) is 0 Å². The summed E-state index contributed by atoms with van der Waals surface area (Å²) in [4.78, 5) is 5.95. The van der Waals surface area contributed by atoms with Gasteiger partial charge in [-0.3, -0.25) is 0 Å². The summed E-state index contributed by atoms with van der Waals surface area (Å²) in [6, 6.07) is 40.4. The summed E-state index contributed by atoms with van der Waals surface area (Å²) >= 11 is 1.66. The van der Waals surface area contributed by atoms with Crippen molar-refractivity contribution >= 4 is 82.9 Å². The van der Waals surface area contributed by atoms with E-state index in [9.17, 15) is 0 Å². The van der Waals surface area contributed by atoms with Gasteiger partial charge in [-0.15, -0.1) is 11.3 Å². The first-order chi connectivity index (χ1) is 23.6. The molecule has 0 bridgehead atoms. The Morgan fingerprint density at radius 3 is 1.96 bits per heavy atom. The van der Waals surface area contributed by atoms with E-state index in [1.807, 2.05) is 12.2 Å². The largest absolute Gasteiger partial charge is 0.236 e. The van der Waals surface area contributed by atoms with Gasteiger partial charge >= 0.3 is 0 Å². The zero-order chi connectivity index (χ0) is 32.8.